The minimum absolute atomic E-state index is 0.0759. The molecule has 0 saturated carbocycles. The van der Waals surface area contributed by atoms with E-state index >= 15 is 0 Å². The number of aromatic nitrogens is 2. The van der Waals surface area contributed by atoms with Crippen molar-refractivity contribution in [3.63, 3.8) is 0 Å². The van der Waals surface area contributed by atoms with Crippen LogP contribution >= 0.6 is 0 Å². The summed E-state index contributed by atoms with van der Waals surface area (Å²) in [5.74, 6) is 2.73. The van der Waals surface area contributed by atoms with Crippen molar-refractivity contribution in [1.29, 1.82) is 0 Å². The summed E-state index contributed by atoms with van der Waals surface area (Å²) in [5.41, 5.74) is 1.73. The maximum Gasteiger partial charge on any atom is 0.260 e. The van der Waals surface area contributed by atoms with Gasteiger partial charge in [-0.3, -0.25) is 4.79 Å². The van der Waals surface area contributed by atoms with Crippen molar-refractivity contribution in [3.8, 4) is 28.6 Å². The molecule has 0 radical (unpaired) electrons. The lowest BCUT2D eigenvalue weighted by Gasteiger charge is -2.17. The molecular formula is C23H27N3O5. The molecule has 0 aliphatic rings. The van der Waals surface area contributed by atoms with Crippen LogP contribution < -0.4 is 14.2 Å². The van der Waals surface area contributed by atoms with Gasteiger partial charge in [0, 0.05) is 13.1 Å². The Hall–Kier alpha value is -3.55. The molecule has 0 saturated heterocycles. The highest BCUT2D eigenvalue weighted by Gasteiger charge is 2.18. The minimum Gasteiger partial charge on any atom is -0.497 e. The highest BCUT2D eigenvalue weighted by Crippen LogP contribution is 2.31. The maximum atomic E-state index is 12.5. The van der Waals surface area contributed by atoms with E-state index < -0.39 is 0 Å². The molecule has 0 bridgehead atoms. The van der Waals surface area contributed by atoms with Crippen molar-refractivity contribution in [2.45, 2.75) is 26.3 Å². The molecular weight excluding hydrogens is 398 g/mol. The number of para-hydroxylation sites is 1. The highest BCUT2D eigenvalue weighted by molar-refractivity contribution is 5.77. The monoisotopic (exact) mass is 425 g/mol. The number of carbonyl (C=O) groups excluding carboxylic acids is 1. The molecule has 0 spiro atoms. The van der Waals surface area contributed by atoms with E-state index in [9.17, 15) is 4.79 Å². The van der Waals surface area contributed by atoms with Gasteiger partial charge in [-0.2, -0.15) is 4.98 Å². The average molecular weight is 425 g/mol. The van der Waals surface area contributed by atoms with E-state index in [1.807, 2.05) is 24.3 Å². The summed E-state index contributed by atoms with van der Waals surface area (Å²) in [6, 6.07) is 13.0. The second-order valence-corrected chi connectivity index (χ2v) is 7.31. The summed E-state index contributed by atoms with van der Waals surface area (Å²) in [4.78, 5) is 18.4. The maximum absolute atomic E-state index is 12.5. The average Bonchev–Trinajstić information content (AvgIpc) is 3.25. The number of likely N-dealkylation sites (N-methyl/N-ethyl adjacent to an activating group) is 1. The van der Waals surface area contributed by atoms with Crippen LogP contribution in [0.5, 0.6) is 17.2 Å². The molecule has 0 aliphatic carbocycles. The van der Waals surface area contributed by atoms with Gasteiger partial charge in [-0.05, 0) is 29.7 Å². The van der Waals surface area contributed by atoms with Crippen LogP contribution in [0.15, 0.2) is 47.0 Å². The van der Waals surface area contributed by atoms with Crippen LogP contribution in [0.1, 0.15) is 31.2 Å². The number of ether oxygens (including phenoxy) is 3. The van der Waals surface area contributed by atoms with Crippen LogP contribution in [0, 0.1) is 0 Å². The Morgan fingerprint density at radius 2 is 1.87 bits per heavy atom. The number of hydrogen-bond acceptors (Lipinski definition) is 7. The molecule has 3 rings (SSSR count). The summed E-state index contributed by atoms with van der Waals surface area (Å²) < 4.78 is 21.7. The summed E-state index contributed by atoms with van der Waals surface area (Å²) in [6.45, 7) is 4.26. The number of nitrogens with zero attached hydrogens (tertiary/aromatic N) is 3. The van der Waals surface area contributed by atoms with Gasteiger partial charge in [-0.25, -0.2) is 0 Å². The summed E-state index contributed by atoms with van der Waals surface area (Å²) in [5, 5.41) is 4.01. The largest absolute Gasteiger partial charge is 0.497 e. The van der Waals surface area contributed by atoms with Gasteiger partial charge in [-0.1, -0.05) is 37.2 Å². The Morgan fingerprint density at radius 3 is 2.58 bits per heavy atom. The molecule has 1 heterocycles. The highest BCUT2D eigenvalue weighted by atomic mass is 16.5. The standard InChI is InChI=1S/C23H27N3O5/c1-15(2)17-8-6-7-9-19(17)30-14-22(27)26(3)13-21-24-23(25-31-21)18-11-10-16(28-4)12-20(18)29-5/h6-12,15H,13-14H2,1-5H3. The van der Waals surface area contributed by atoms with Gasteiger partial charge in [0.05, 0.1) is 26.3 Å². The number of benzene rings is 2. The summed E-state index contributed by atoms with van der Waals surface area (Å²) in [6.07, 6.45) is 0. The lowest BCUT2D eigenvalue weighted by atomic mass is 10.0. The summed E-state index contributed by atoms with van der Waals surface area (Å²) in [7, 11) is 4.81. The van der Waals surface area contributed by atoms with Gasteiger partial charge in [0.15, 0.2) is 6.61 Å². The van der Waals surface area contributed by atoms with Gasteiger partial charge >= 0.3 is 0 Å². The number of methoxy groups -OCH3 is 2. The lowest BCUT2D eigenvalue weighted by molar-refractivity contribution is -0.132. The molecule has 2 aromatic carbocycles. The number of hydrogen-bond donors (Lipinski definition) is 0. The molecule has 164 valence electrons. The first-order valence-electron chi connectivity index (χ1n) is 9.93. The van der Waals surface area contributed by atoms with Crippen LogP contribution in [-0.2, 0) is 11.3 Å². The lowest BCUT2D eigenvalue weighted by Crippen LogP contribution is -2.31. The van der Waals surface area contributed by atoms with Gasteiger partial charge in [0.1, 0.15) is 17.2 Å². The molecule has 0 aliphatic heterocycles. The van der Waals surface area contributed by atoms with Gasteiger partial charge in [0.25, 0.3) is 5.91 Å². The topological polar surface area (TPSA) is 86.9 Å². The molecule has 0 atom stereocenters. The van der Waals surface area contributed by atoms with Gasteiger partial charge < -0.3 is 23.6 Å². The fourth-order valence-corrected chi connectivity index (χ4v) is 3.04. The van der Waals surface area contributed by atoms with Gasteiger partial charge in [-0.15, -0.1) is 0 Å². The van der Waals surface area contributed by atoms with E-state index in [2.05, 4.69) is 24.0 Å². The van der Waals surface area contributed by atoms with Crippen LogP contribution in [-0.4, -0.2) is 48.8 Å². The molecule has 0 fully saturated rings. The second kappa shape index (κ2) is 9.97. The first-order chi connectivity index (χ1) is 14.9. The van der Waals surface area contributed by atoms with Crippen molar-refractivity contribution in [3.05, 3.63) is 53.9 Å². The first-order valence-corrected chi connectivity index (χ1v) is 9.93. The molecule has 8 heteroatoms. The van der Waals surface area contributed by atoms with Gasteiger partial charge in [0.2, 0.25) is 11.7 Å². The van der Waals surface area contributed by atoms with E-state index in [0.717, 1.165) is 5.56 Å². The van der Waals surface area contributed by atoms with Crippen molar-refractivity contribution in [1.82, 2.24) is 15.0 Å². The third kappa shape index (κ3) is 5.33. The fraction of sp³-hybridized carbons (Fsp3) is 0.348. The number of carbonyl (C=O) groups is 1. The Labute approximate surface area is 181 Å². The Bertz CT molecular complexity index is 1030. The normalized spacial score (nSPS) is 10.8. The molecule has 0 N–H and O–H groups in total. The molecule has 1 aromatic heterocycles. The molecule has 3 aromatic rings. The predicted octanol–water partition coefficient (Wildman–Crippen LogP) is 3.91. The predicted molar refractivity (Wildman–Crippen MR) is 115 cm³/mol. The number of amides is 1. The zero-order chi connectivity index (χ0) is 22.4. The van der Waals surface area contributed by atoms with Crippen LogP contribution in [0.4, 0.5) is 0 Å². The van der Waals surface area contributed by atoms with E-state index in [-0.39, 0.29) is 19.1 Å². The zero-order valence-electron chi connectivity index (χ0n) is 18.4. The van der Waals surface area contributed by atoms with E-state index in [0.29, 0.717) is 40.4 Å². The van der Waals surface area contributed by atoms with Crippen LogP contribution in [0.2, 0.25) is 0 Å². The van der Waals surface area contributed by atoms with Crippen molar-refractivity contribution >= 4 is 5.91 Å². The third-order valence-electron chi connectivity index (χ3n) is 4.81. The summed E-state index contributed by atoms with van der Waals surface area (Å²) >= 11 is 0. The first kappa shape index (κ1) is 22.1. The van der Waals surface area contributed by atoms with E-state index in [1.54, 1.807) is 39.5 Å². The minimum atomic E-state index is -0.194. The second-order valence-electron chi connectivity index (χ2n) is 7.31. The SMILES string of the molecule is COc1ccc(-c2noc(CN(C)C(=O)COc3ccccc3C(C)C)n2)c(OC)c1. The fourth-order valence-electron chi connectivity index (χ4n) is 3.04. The molecule has 0 unspecified atom stereocenters. The van der Waals surface area contributed by atoms with Crippen molar-refractivity contribution in [2.75, 3.05) is 27.9 Å². The van der Waals surface area contributed by atoms with E-state index in [4.69, 9.17) is 18.7 Å². The Morgan fingerprint density at radius 1 is 1.10 bits per heavy atom. The molecule has 1 amide bonds. The zero-order valence-corrected chi connectivity index (χ0v) is 18.4. The van der Waals surface area contributed by atoms with Crippen LogP contribution in [0.3, 0.4) is 0 Å². The smallest absolute Gasteiger partial charge is 0.260 e. The molecule has 31 heavy (non-hydrogen) atoms. The Kier molecular flexibility index (Phi) is 7.12. The Balaban J connectivity index is 1.63. The van der Waals surface area contributed by atoms with E-state index in [1.165, 1.54) is 4.90 Å². The molecule has 8 nitrogen and oxygen atoms in total. The number of rotatable bonds is 9. The van der Waals surface area contributed by atoms with Crippen LogP contribution in [0.25, 0.3) is 11.4 Å². The van der Waals surface area contributed by atoms with Crippen molar-refractivity contribution < 1.29 is 23.5 Å². The van der Waals surface area contributed by atoms with Crippen molar-refractivity contribution in [2.24, 2.45) is 0 Å². The third-order valence-corrected chi connectivity index (χ3v) is 4.81. The quantitative estimate of drug-likeness (QED) is 0.514.